The van der Waals surface area contributed by atoms with Gasteiger partial charge in [0.1, 0.15) is 0 Å². The van der Waals surface area contributed by atoms with E-state index in [0.717, 1.165) is 0 Å². The standard InChI is InChI=1S/C17H24N3O6P/c21-16-14(18-27(24,25)12-13-6-2-1-3-7-13)8-4-10-19-11-5-9-15(20(16)19)26-17(22)23/h1-3,6-7,14-15H,4-5,8-12H2,(H,22,23)(H2,18,24,25)/t14-,15-/m0/s1. The molecule has 0 aliphatic carbocycles. The molecule has 2 saturated heterocycles. The number of hydrazine groups is 1. The van der Waals surface area contributed by atoms with Crippen LogP contribution in [-0.4, -0.2) is 57.4 Å². The van der Waals surface area contributed by atoms with Crippen LogP contribution < -0.4 is 5.09 Å². The molecule has 1 amide bonds. The molecular formula is C17H24N3O6P. The van der Waals surface area contributed by atoms with Gasteiger partial charge in [0.05, 0.1) is 12.2 Å². The maximum absolute atomic E-state index is 13.0. The number of carbonyl (C=O) groups excluding carboxylic acids is 1. The van der Waals surface area contributed by atoms with Crippen molar-refractivity contribution in [3.05, 3.63) is 35.9 Å². The van der Waals surface area contributed by atoms with Gasteiger partial charge in [0.2, 0.25) is 0 Å². The summed E-state index contributed by atoms with van der Waals surface area (Å²) in [5, 5.41) is 14.7. The lowest BCUT2D eigenvalue weighted by atomic mass is 10.1. The van der Waals surface area contributed by atoms with E-state index in [1.54, 1.807) is 29.3 Å². The fourth-order valence-corrected chi connectivity index (χ4v) is 5.11. The van der Waals surface area contributed by atoms with Crippen molar-refractivity contribution in [3.63, 3.8) is 0 Å². The van der Waals surface area contributed by atoms with Crippen LogP contribution >= 0.6 is 7.52 Å². The van der Waals surface area contributed by atoms with E-state index in [2.05, 4.69) is 5.09 Å². The number of hydrogen-bond donors (Lipinski definition) is 3. The number of amides is 1. The summed E-state index contributed by atoms with van der Waals surface area (Å²) in [6, 6.07) is 8.02. The van der Waals surface area contributed by atoms with E-state index >= 15 is 0 Å². The Morgan fingerprint density at radius 1 is 1.22 bits per heavy atom. The molecule has 0 spiro atoms. The van der Waals surface area contributed by atoms with Gasteiger partial charge in [-0.05, 0) is 24.8 Å². The van der Waals surface area contributed by atoms with Crippen LogP contribution in [0.3, 0.4) is 0 Å². The molecule has 3 rings (SSSR count). The fourth-order valence-electron chi connectivity index (χ4n) is 3.59. The molecule has 0 radical (unpaired) electrons. The summed E-state index contributed by atoms with van der Waals surface area (Å²) < 4.78 is 17.5. The lowest BCUT2D eigenvalue weighted by molar-refractivity contribution is -0.189. The van der Waals surface area contributed by atoms with Crippen LogP contribution in [0.25, 0.3) is 0 Å². The van der Waals surface area contributed by atoms with Crippen LogP contribution in [0.4, 0.5) is 4.79 Å². The predicted molar refractivity (Wildman–Crippen MR) is 96.7 cm³/mol. The zero-order valence-electron chi connectivity index (χ0n) is 14.9. The zero-order chi connectivity index (χ0) is 19.4. The summed E-state index contributed by atoms with van der Waals surface area (Å²) in [7, 11) is -3.81. The Balaban J connectivity index is 1.74. The molecule has 148 valence electrons. The predicted octanol–water partition coefficient (Wildman–Crippen LogP) is 1.98. The van der Waals surface area contributed by atoms with Gasteiger partial charge >= 0.3 is 6.16 Å². The first-order valence-corrected chi connectivity index (χ1v) is 10.8. The van der Waals surface area contributed by atoms with Gasteiger partial charge < -0.3 is 14.7 Å². The third-order valence-corrected chi connectivity index (χ3v) is 6.22. The molecule has 1 aromatic carbocycles. The van der Waals surface area contributed by atoms with E-state index in [0.29, 0.717) is 44.3 Å². The van der Waals surface area contributed by atoms with E-state index in [-0.39, 0.29) is 6.16 Å². The first kappa shape index (κ1) is 19.8. The van der Waals surface area contributed by atoms with Crippen molar-refractivity contribution in [1.29, 1.82) is 0 Å². The molecule has 0 saturated carbocycles. The number of nitrogens with zero attached hydrogens (tertiary/aromatic N) is 2. The molecule has 2 aliphatic rings. The average molecular weight is 397 g/mol. The second kappa shape index (κ2) is 8.39. The highest BCUT2D eigenvalue weighted by Crippen LogP contribution is 2.41. The minimum atomic E-state index is -3.81. The highest BCUT2D eigenvalue weighted by molar-refractivity contribution is 7.55. The lowest BCUT2D eigenvalue weighted by Gasteiger charge is -2.42. The molecular weight excluding hydrogens is 373 g/mol. The number of carbonyl (C=O) groups is 2. The summed E-state index contributed by atoms with van der Waals surface area (Å²) >= 11 is 0. The maximum Gasteiger partial charge on any atom is 0.507 e. The van der Waals surface area contributed by atoms with Gasteiger partial charge in [-0.1, -0.05) is 30.3 Å². The second-order valence-electron chi connectivity index (χ2n) is 6.79. The maximum atomic E-state index is 13.0. The van der Waals surface area contributed by atoms with Gasteiger partial charge in [-0.15, -0.1) is 0 Å². The molecule has 3 N–H and O–H groups in total. The number of fused-ring (bicyclic) bond motifs is 1. The number of rotatable bonds is 5. The van der Waals surface area contributed by atoms with Gasteiger partial charge in [-0.25, -0.2) is 19.9 Å². The third kappa shape index (κ3) is 5.07. The SMILES string of the molecule is O=C(O)O[C@H]1CCCN2CCC[C@H](NP(=O)(O)Cc3ccccc3)C(=O)N12. The number of ether oxygens (including phenoxy) is 1. The molecule has 2 heterocycles. The average Bonchev–Trinajstić information content (AvgIpc) is 2.75. The fraction of sp³-hybridized carbons (Fsp3) is 0.529. The summed E-state index contributed by atoms with van der Waals surface area (Å²) in [5.41, 5.74) is 0.698. The summed E-state index contributed by atoms with van der Waals surface area (Å²) in [6.07, 6.45) is -0.278. The van der Waals surface area contributed by atoms with Gasteiger partial charge in [-0.2, -0.15) is 0 Å². The Hall–Kier alpha value is -1.93. The van der Waals surface area contributed by atoms with Gasteiger partial charge in [-0.3, -0.25) is 9.36 Å². The molecule has 1 unspecified atom stereocenters. The Labute approximate surface area is 157 Å². The molecule has 0 bridgehead atoms. The summed E-state index contributed by atoms with van der Waals surface area (Å²) in [4.78, 5) is 34.4. The Bertz CT molecular complexity index is 731. The van der Waals surface area contributed by atoms with Crippen molar-refractivity contribution in [3.8, 4) is 0 Å². The molecule has 10 heteroatoms. The van der Waals surface area contributed by atoms with Crippen LogP contribution in [0.5, 0.6) is 0 Å². The van der Waals surface area contributed by atoms with Crippen molar-refractivity contribution < 1.29 is 28.9 Å². The topological polar surface area (TPSA) is 119 Å². The molecule has 9 nitrogen and oxygen atoms in total. The normalized spacial score (nSPS) is 26.0. The van der Waals surface area contributed by atoms with Crippen LogP contribution in [-0.2, 0) is 20.3 Å². The summed E-state index contributed by atoms with van der Waals surface area (Å²) in [5.74, 6) is -0.430. The van der Waals surface area contributed by atoms with Crippen molar-refractivity contribution >= 4 is 19.6 Å². The van der Waals surface area contributed by atoms with E-state index in [1.807, 2.05) is 6.07 Å². The minimum absolute atomic E-state index is 0.0869. The molecule has 2 fully saturated rings. The third-order valence-electron chi connectivity index (χ3n) is 4.71. The quantitative estimate of drug-likeness (QED) is 0.510. The largest absolute Gasteiger partial charge is 0.507 e. The number of nitrogens with one attached hydrogen (secondary N) is 1. The highest BCUT2D eigenvalue weighted by Gasteiger charge is 2.42. The van der Waals surface area contributed by atoms with Crippen molar-refractivity contribution in [1.82, 2.24) is 15.1 Å². The second-order valence-corrected chi connectivity index (χ2v) is 8.76. The number of hydrogen-bond acceptors (Lipinski definition) is 5. The number of carboxylic acid groups (broad SMARTS) is 1. The Morgan fingerprint density at radius 2 is 1.89 bits per heavy atom. The molecule has 3 atom stereocenters. The summed E-state index contributed by atoms with van der Waals surface area (Å²) in [6.45, 7) is 1.19. The van der Waals surface area contributed by atoms with Gasteiger partial charge in [0, 0.05) is 19.5 Å². The first-order valence-electron chi connectivity index (χ1n) is 8.97. The molecule has 27 heavy (non-hydrogen) atoms. The Morgan fingerprint density at radius 3 is 2.56 bits per heavy atom. The van der Waals surface area contributed by atoms with E-state index in [1.165, 1.54) is 5.01 Å². The molecule has 2 aliphatic heterocycles. The zero-order valence-corrected chi connectivity index (χ0v) is 15.8. The minimum Gasteiger partial charge on any atom is -0.450 e. The smallest absolute Gasteiger partial charge is 0.450 e. The molecule has 1 aromatic rings. The Kier molecular flexibility index (Phi) is 6.16. The van der Waals surface area contributed by atoms with Crippen LogP contribution in [0.2, 0.25) is 0 Å². The van der Waals surface area contributed by atoms with E-state index < -0.39 is 31.9 Å². The highest BCUT2D eigenvalue weighted by atomic mass is 31.2. The number of benzene rings is 1. The van der Waals surface area contributed by atoms with E-state index in [9.17, 15) is 19.0 Å². The van der Waals surface area contributed by atoms with Gasteiger partial charge in [0.25, 0.3) is 13.4 Å². The van der Waals surface area contributed by atoms with Crippen LogP contribution in [0.15, 0.2) is 30.3 Å². The molecule has 0 aromatic heterocycles. The van der Waals surface area contributed by atoms with Crippen molar-refractivity contribution in [2.24, 2.45) is 0 Å². The van der Waals surface area contributed by atoms with Crippen LogP contribution in [0, 0.1) is 0 Å². The first-order chi connectivity index (χ1) is 12.9. The monoisotopic (exact) mass is 397 g/mol. The van der Waals surface area contributed by atoms with Gasteiger partial charge in [0.15, 0.2) is 6.23 Å². The van der Waals surface area contributed by atoms with E-state index in [4.69, 9.17) is 9.84 Å². The van der Waals surface area contributed by atoms with Crippen LogP contribution in [0.1, 0.15) is 31.2 Å². The lowest BCUT2D eigenvalue weighted by Crippen LogP contribution is -2.59. The van der Waals surface area contributed by atoms with Crippen molar-refractivity contribution in [2.45, 2.75) is 44.1 Å². The van der Waals surface area contributed by atoms with Crippen molar-refractivity contribution in [2.75, 3.05) is 13.1 Å².